The molecule has 0 amide bonds. The third kappa shape index (κ3) is 4.00. The Morgan fingerprint density at radius 3 is 2.67 bits per heavy atom. The Morgan fingerprint density at radius 1 is 1.10 bits per heavy atom. The van der Waals surface area contributed by atoms with Gasteiger partial charge in [0.15, 0.2) is 0 Å². The van der Waals surface area contributed by atoms with E-state index in [0.29, 0.717) is 0 Å². The van der Waals surface area contributed by atoms with E-state index in [-0.39, 0.29) is 0 Å². The first-order chi connectivity index (χ1) is 10.3. The van der Waals surface area contributed by atoms with Crippen LogP contribution in [-0.2, 0) is 6.42 Å². The van der Waals surface area contributed by atoms with E-state index in [1.807, 2.05) is 0 Å². The van der Waals surface area contributed by atoms with Crippen molar-refractivity contribution in [2.45, 2.75) is 51.5 Å². The Labute approximate surface area is 129 Å². The SMILES string of the molecule is COc1ccccc1CC1CC(C)CCC1CNC1CC1. The first-order valence-corrected chi connectivity index (χ1v) is 8.61. The molecule has 0 radical (unpaired) electrons. The van der Waals surface area contributed by atoms with Gasteiger partial charge in [-0.25, -0.2) is 0 Å². The summed E-state index contributed by atoms with van der Waals surface area (Å²) < 4.78 is 5.54. The van der Waals surface area contributed by atoms with E-state index in [1.54, 1.807) is 7.11 Å². The van der Waals surface area contributed by atoms with Gasteiger partial charge < -0.3 is 10.1 Å². The lowest BCUT2D eigenvalue weighted by Crippen LogP contribution is -2.34. The van der Waals surface area contributed by atoms with Gasteiger partial charge in [-0.05, 0) is 68.0 Å². The largest absolute Gasteiger partial charge is 0.496 e. The van der Waals surface area contributed by atoms with Crippen LogP contribution >= 0.6 is 0 Å². The van der Waals surface area contributed by atoms with E-state index in [2.05, 4.69) is 36.5 Å². The molecule has 1 N–H and O–H groups in total. The van der Waals surface area contributed by atoms with Crippen LogP contribution in [0.4, 0.5) is 0 Å². The first kappa shape index (κ1) is 14.9. The van der Waals surface area contributed by atoms with E-state index in [4.69, 9.17) is 4.74 Å². The minimum Gasteiger partial charge on any atom is -0.496 e. The highest BCUT2D eigenvalue weighted by molar-refractivity contribution is 5.33. The van der Waals surface area contributed by atoms with Gasteiger partial charge in [-0.2, -0.15) is 0 Å². The molecule has 1 aromatic rings. The number of para-hydroxylation sites is 1. The highest BCUT2D eigenvalue weighted by Crippen LogP contribution is 2.37. The summed E-state index contributed by atoms with van der Waals surface area (Å²) in [4.78, 5) is 0. The molecule has 0 aromatic heterocycles. The van der Waals surface area contributed by atoms with Crippen molar-refractivity contribution in [2.24, 2.45) is 17.8 Å². The predicted molar refractivity (Wildman–Crippen MR) is 87.7 cm³/mol. The van der Waals surface area contributed by atoms with Gasteiger partial charge >= 0.3 is 0 Å². The summed E-state index contributed by atoms with van der Waals surface area (Å²) >= 11 is 0. The fraction of sp³-hybridized carbons (Fsp3) is 0.684. The topological polar surface area (TPSA) is 21.3 Å². The van der Waals surface area contributed by atoms with E-state index in [1.165, 1.54) is 50.6 Å². The normalized spacial score (nSPS) is 29.3. The molecule has 3 rings (SSSR count). The van der Waals surface area contributed by atoms with Crippen LogP contribution in [0.1, 0.15) is 44.6 Å². The van der Waals surface area contributed by atoms with Crippen molar-refractivity contribution in [2.75, 3.05) is 13.7 Å². The number of ether oxygens (including phenoxy) is 1. The summed E-state index contributed by atoms with van der Waals surface area (Å²) in [6, 6.07) is 9.37. The van der Waals surface area contributed by atoms with Crippen LogP contribution in [-0.4, -0.2) is 19.7 Å². The van der Waals surface area contributed by atoms with Gasteiger partial charge in [0.1, 0.15) is 5.75 Å². The van der Waals surface area contributed by atoms with Gasteiger partial charge in [0.05, 0.1) is 7.11 Å². The Morgan fingerprint density at radius 2 is 1.90 bits per heavy atom. The summed E-state index contributed by atoms with van der Waals surface area (Å²) in [5, 5.41) is 3.75. The second kappa shape index (κ2) is 6.83. The molecule has 2 saturated carbocycles. The van der Waals surface area contributed by atoms with Gasteiger partial charge in [0, 0.05) is 6.04 Å². The Balaban J connectivity index is 1.66. The van der Waals surface area contributed by atoms with E-state index < -0.39 is 0 Å². The molecule has 0 heterocycles. The molecular formula is C19H29NO. The maximum Gasteiger partial charge on any atom is 0.122 e. The minimum atomic E-state index is 0.802. The number of hydrogen-bond acceptors (Lipinski definition) is 2. The van der Waals surface area contributed by atoms with Crippen LogP contribution in [0.3, 0.4) is 0 Å². The van der Waals surface area contributed by atoms with Gasteiger partial charge in [-0.15, -0.1) is 0 Å². The molecule has 2 aliphatic rings. The molecule has 0 saturated heterocycles. The zero-order valence-electron chi connectivity index (χ0n) is 13.5. The summed E-state index contributed by atoms with van der Waals surface area (Å²) in [6.07, 6.45) is 8.11. The Hall–Kier alpha value is -1.02. The number of benzene rings is 1. The highest BCUT2D eigenvalue weighted by atomic mass is 16.5. The van der Waals surface area contributed by atoms with Crippen LogP contribution in [0.2, 0.25) is 0 Å². The third-order valence-corrected chi connectivity index (χ3v) is 5.32. The molecule has 3 unspecified atom stereocenters. The van der Waals surface area contributed by atoms with Gasteiger partial charge in [-0.3, -0.25) is 0 Å². The quantitative estimate of drug-likeness (QED) is 0.852. The van der Waals surface area contributed by atoms with E-state index >= 15 is 0 Å². The molecule has 2 nitrogen and oxygen atoms in total. The minimum absolute atomic E-state index is 0.802. The smallest absolute Gasteiger partial charge is 0.122 e. The summed E-state index contributed by atoms with van der Waals surface area (Å²) in [5.41, 5.74) is 1.38. The molecule has 1 aromatic carbocycles. The zero-order chi connectivity index (χ0) is 14.7. The average Bonchev–Trinajstić information content (AvgIpc) is 3.31. The lowest BCUT2D eigenvalue weighted by atomic mass is 9.72. The number of hydrogen-bond donors (Lipinski definition) is 1. The molecular weight excluding hydrogens is 258 g/mol. The van der Waals surface area contributed by atoms with Crippen molar-refractivity contribution in [3.63, 3.8) is 0 Å². The Bertz CT molecular complexity index is 455. The highest BCUT2D eigenvalue weighted by Gasteiger charge is 2.31. The van der Waals surface area contributed by atoms with Gasteiger partial charge in [-0.1, -0.05) is 31.5 Å². The van der Waals surface area contributed by atoms with Gasteiger partial charge in [0.25, 0.3) is 0 Å². The maximum absolute atomic E-state index is 5.54. The molecule has 2 heteroatoms. The fourth-order valence-electron chi connectivity index (χ4n) is 3.84. The standard InChI is InChI=1S/C19H29NO/c1-14-7-8-16(13-20-18-9-10-18)17(11-14)12-15-5-3-4-6-19(15)21-2/h3-6,14,16-18,20H,7-13H2,1-2H3. The second-order valence-electron chi connectivity index (χ2n) is 7.14. The van der Waals surface area contributed by atoms with Gasteiger partial charge in [0.2, 0.25) is 0 Å². The number of nitrogens with one attached hydrogen (secondary N) is 1. The lowest BCUT2D eigenvalue weighted by molar-refractivity contribution is 0.182. The summed E-state index contributed by atoms with van der Waals surface area (Å²) in [7, 11) is 1.79. The molecule has 3 atom stereocenters. The second-order valence-corrected chi connectivity index (χ2v) is 7.14. The molecule has 0 bridgehead atoms. The van der Waals surface area contributed by atoms with Crippen LogP contribution < -0.4 is 10.1 Å². The lowest BCUT2D eigenvalue weighted by Gasteiger charge is -2.35. The monoisotopic (exact) mass is 287 g/mol. The first-order valence-electron chi connectivity index (χ1n) is 8.61. The van der Waals surface area contributed by atoms with Crippen molar-refractivity contribution in [1.29, 1.82) is 0 Å². The Kier molecular flexibility index (Phi) is 4.84. The third-order valence-electron chi connectivity index (χ3n) is 5.32. The zero-order valence-corrected chi connectivity index (χ0v) is 13.5. The molecule has 116 valence electrons. The predicted octanol–water partition coefficient (Wildman–Crippen LogP) is 4.04. The summed E-state index contributed by atoms with van der Waals surface area (Å²) in [6.45, 7) is 3.64. The molecule has 2 aliphatic carbocycles. The van der Waals surface area contributed by atoms with Crippen LogP contribution in [0.25, 0.3) is 0 Å². The van der Waals surface area contributed by atoms with E-state index in [0.717, 1.165) is 29.5 Å². The molecule has 0 aliphatic heterocycles. The number of methoxy groups -OCH3 is 1. The van der Waals surface area contributed by atoms with Crippen LogP contribution in [0.15, 0.2) is 24.3 Å². The summed E-state index contributed by atoms with van der Waals surface area (Å²) in [5.74, 6) is 3.58. The average molecular weight is 287 g/mol. The van der Waals surface area contributed by atoms with Crippen molar-refractivity contribution in [3.8, 4) is 5.75 Å². The molecule has 21 heavy (non-hydrogen) atoms. The molecule has 2 fully saturated rings. The van der Waals surface area contributed by atoms with Crippen molar-refractivity contribution in [1.82, 2.24) is 5.32 Å². The fourth-order valence-corrected chi connectivity index (χ4v) is 3.84. The van der Waals surface area contributed by atoms with Crippen molar-refractivity contribution < 1.29 is 4.74 Å². The van der Waals surface area contributed by atoms with Crippen LogP contribution in [0, 0.1) is 17.8 Å². The van der Waals surface area contributed by atoms with Crippen LogP contribution in [0.5, 0.6) is 5.75 Å². The maximum atomic E-state index is 5.54. The molecule has 0 spiro atoms. The number of rotatable bonds is 6. The van der Waals surface area contributed by atoms with E-state index in [9.17, 15) is 0 Å². The van der Waals surface area contributed by atoms with Crippen molar-refractivity contribution in [3.05, 3.63) is 29.8 Å². The van der Waals surface area contributed by atoms with Crippen molar-refractivity contribution >= 4 is 0 Å².